The Kier molecular flexibility index (Phi) is 3.53. The maximum atomic E-state index is 10.9. The van der Waals surface area contributed by atoms with E-state index in [-0.39, 0.29) is 0 Å². The molecule has 0 aromatic heterocycles. The third kappa shape index (κ3) is 3.04. The van der Waals surface area contributed by atoms with Crippen LogP contribution in [-0.4, -0.2) is 35.6 Å². The summed E-state index contributed by atoms with van der Waals surface area (Å²) in [7, 11) is 0. The van der Waals surface area contributed by atoms with Crippen molar-refractivity contribution in [2.24, 2.45) is 5.73 Å². The minimum atomic E-state index is -0.531. The van der Waals surface area contributed by atoms with E-state index < -0.39 is 6.03 Å². The number of likely N-dealkylation sites (tertiary alicyclic amines) is 1. The SMILES string of the molecule is CC1CC(Nc2cccc(NC(N)=O)c2)CN1C1CC1. The Morgan fingerprint density at radius 2 is 2.10 bits per heavy atom. The monoisotopic (exact) mass is 274 g/mol. The van der Waals surface area contributed by atoms with Crippen molar-refractivity contribution in [2.75, 3.05) is 17.2 Å². The summed E-state index contributed by atoms with van der Waals surface area (Å²) in [6.07, 6.45) is 3.88. The van der Waals surface area contributed by atoms with Crippen molar-refractivity contribution in [3.05, 3.63) is 24.3 Å². The van der Waals surface area contributed by atoms with E-state index in [1.54, 1.807) is 0 Å². The molecule has 1 heterocycles. The highest BCUT2D eigenvalue weighted by atomic mass is 16.2. The predicted molar refractivity (Wildman–Crippen MR) is 80.9 cm³/mol. The average Bonchev–Trinajstić information content (AvgIpc) is 3.14. The van der Waals surface area contributed by atoms with E-state index in [9.17, 15) is 4.79 Å². The number of rotatable bonds is 4. The summed E-state index contributed by atoms with van der Waals surface area (Å²) >= 11 is 0. The van der Waals surface area contributed by atoms with Crippen molar-refractivity contribution in [1.29, 1.82) is 0 Å². The summed E-state index contributed by atoms with van der Waals surface area (Å²) in [6, 6.07) is 9.14. The molecule has 2 atom stereocenters. The fourth-order valence-electron chi connectivity index (χ4n) is 3.14. The molecule has 1 aromatic rings. The van der Waals surface area contributed by atoms with E-state index in [0.717, 1.165) is 24.0 Å². The highest BCUT2D eigenvalue weighted by Gasteiger charge is 2.38. The Morgan fingerprint density at radius 3 is 2.80 bits per heavy atom. The van der Waals surface area contributed by atoms with Gasteiger partial charge in [-0.15, -0.1) is 0 Å². The van der Waals surface area contributed by atoms with Gasteiger partial charge in [0.05, 0.1) is 0 Å². The van der Waals surface area contributed by atoms with Gasteiger partial charge in [-0.3, -0.25) is 4.90 Å². The van der Waals surface area contributed by atoms with Crippen molar-refractivity contribution in [1.82, 2.24) is 4.90 Å². The molecule has 108 valence electrons. The molecule has 2 unspecified atom stereocenters. The number of anilines is 2. The highest BCUT2D eigenvalue weighted by molar-refractivity contribution is 5.88. The normalized spacial score (nSPS) is 26.4. The Bertz CT molecular complexity index is 500. The first-order valence-corrected chi connectivity index (χ1v) is 7.30. The van der Waals surface area contributed by atoms with E-state index in [1.807, 2.05) is 24.3 Å². The van der Waals surface area contributed by atoms with Gasteiger partial charge in [0.2, 0.25) is 0 Å². The molecule has 2 aliphatic rings. The van der Waals surface area contributed by atoms with Gasteiger partial charge in [0.15, 0.2) is 0 Å². The molecule has 1 aliphatic heterocycles. The number of primary amides is 1. The van der Waals surface area contributed by atoms with Gasteiger partial charge < -0.3 is 16.4 Å². The quantitative estimate of drug-likeness (QED) is 0.788. The molecule has 1 aromatic carbocycles. The molecule has 1 saturated carbocycles. The zero-order valence-electron chi connectivity index (χ0n) is 11.8. The van der Waals surface area contributed by atoms with Crippen LogP contribution in [0.4, 0.5) is 16.2 Å². The van der Waals surface area contributed by atoms with Crippen LogP contribution in [0.5, 0.6) is 0 Å². The van der Waals surface area contributed by atoms with E-state index >= 15 is 0 Å². The number of benzene rings is 1. The van der Waals surface area contributed by atoms with Crippen molar-refractivity contribution in [3.8, 4) is 0 Å². The second-order valence-electron chi connectivity index (χ2n) is 5.92. The minimum absolute atomic E-state index is 0.481. The molecule has 5 nitrogen and oxygen atoms in total. The first kappa shape index (κ1) is 13.2. The van der Waals surface area contributed by atoms with Gasteiger partial charge in [-0.1, -0.05) is 6.07 Å². The maximum Gasteiger partial charge on any atom is 0.316 e. The van der Waals surface area contributed by atoms with Crippen molar-refractivity contribution >= 4 is 17.4 Å². The second-order valence-corrected chi connectivity index (χ2v) is 5.92. The summed E-state index contributed by atoms with van der Waals surface area (Å²) < 4.78 is 0. The maximum absolute atomic E-state index is 10.9. The van der Waals surface area contributed by atoms with Crippen LogP contribution >= 0.6 is 0 Å². The Labute approximate surface area is 119 Å². The zero-order valence-corrected chi connectivity index (χ0v) is 11.8. The van der Waals surface area contributed by atoms with E-state index in [1.165, 1.54) is 19.3 Å². The van der Waals surface area contributed by atoms with E-state index in [2.05, 4.69) is 22.5 Å². The lowest BCUT2D eigenvalue weighted by Gasteiger charge is -2.20. The Balaban J connectivity index is 1.61. The van der Waals surface area contributed by atoms with Crippen LogP contribution in [0.15, 0.2) is 24.3 Å². The number of nitrogens with zero attached hydrogens (tertiary/aromatic N) is 1. The lowest BCUT2D eigenvalue weighted by molar-refractivity contribution is 0.257. The van der Waals surface area contributed by atoms with Crippen LogP contribution in [0, 0.1) is 0 Å². The molecule has 2 amide bonds. The number of carbonyl (C=O) groups is 1. The number of hydrogen-bond donors (Lipinski definition) is 3. The van der Waals surface area contributed by atoms with Crippen LogP contribution in [0.3, 0.4) is 0 Å². The molecule has 2 fully saturated rings. The van der Waals surface area contributed by atoms with Gasteiger partial charge >= 0.3 is 6.03 Å². The van der Waals surface area contributed by atoms with Crippen LogP contribution < -0.4 is 16.4 Å². The van der Waals surface area contributed by atoms with Gasteiger partial charge in [0, 0.05) is 36.0 Å². The molecular weight excluding hydrogens is 252 g/mol. The smallest absolute Gasteiger partial charge is 0.316 e. The molecule has 4 N–H and O–H groups in total. The molecular formula is C15H22N4O. The molecule has 0 bridgehead atoms. The molecule has 0 radical (unpaired) electrons. The van der Waals surface area contributed by atoms with Gasteiger partial charge in [-0.2, -0.15) is 0 Å². The van der Waals surface area contributed by atoms with Gasteiger partial charge in [0.25, 0.3) is 0 Å². The molecule has 20 heavy (non-hydrogen) atoms. The van der Waals surface area contributed by atoms with Crippen molar-refractivity contribution < 1.29 is 4.79 Å². The summed E-state index contributed by atoms with van der Waals surface area (Å²) in [5, 5.41) is 6.17. The number of nitrogens with two attached hydrogens (primary N) is 1. The zero-order chi connectivity index (χ0) is 14.1. The standard InChI is InChI=1S/C15H22N4O/c1-10-7-13(9-19(10)14-5-6-14)17-11-3-2-4-12(8-11)18-15(16)20/h2-4,8,10,13-14,17H,5-7,9H2,1H3,(H3,16,18,20). The molecule has 3 rings (SSSR count). The molecule has 1 aliphatic carbocycles. The fourth-order valence-corrected chi connectivity index (χ4v) is 3.14. The summed E-state index contributed by atoms with van der Waals surface area (Å²) in [5.74, 6) is 0. The number of hydrogen-bond acceptors (Lipinski definition) is 3. The predicted octanol–water partition coefficient (Wildman–Crippen LogP) is 2.21. The minimum Gasteiger partial charge on any atom is -0.381 e. The Morgan fingerprint density at radius 1 is 1.35 bits per heavy atom. The van der Waals surface area contributed by atoms with Crippen LogP contribution in [0.2, 0.25) is 0 Å². The number of nitrogens with one attached hydrogen (secondary N) is 2. The van der Waals surface area contributed by atoms with Gasteiger partial charge in [-0.05, 0) is 44.4 Å². The van der Waals surface area contributed by atoms with Crippen LogP contribution in [0.25, 0.3) is 0 Å². The highest BCUT2D eigenvalue weighted by Crippen LogP contribution is 2.34. The Hall–Kier alpha value is -1.75. The number of amides is 2. The fraction of sp³-hybridized carbons (Fsp3) is 0.533. The summed E-state index contributed by atoms with van der Waals surface area (Å²) in [5.41, 5.74) is 6.90. The van der Waals surface area contributed by atoms with Gasteiger partial charge in [-0.25, -0.2) is 4.79 Å². The van der Waals surface area contributed by atoms with E-state index in [0.29, 0.717) is 12.1 Å². The van der Waals surface area contributed by atoms with E-state index in [4.69, 9.17) is 5.73 Å². The molecule has 0 spiro atoms. The lowest BCUT2D eigenvalue weighted by atomic mass is 10.2. The number of urea groups is 1. The third-order valence-electron chi connectivity index (χ3n) is 4.14. The second kappa shape index (κ2) is 5.32. The third-order valence-corrected chi connectivity index (χ3v) is 4.14. The van der Waals surface area contributed by atoms with Gasteiger partial charge in [0.1, 0.15) is 0 Å². The lowest BCUT2D eigenvalue weighted by Crippen LogP contribution is -2.31. The first-order valence-electron chi connectivity index (χ1n) is 7.30. The van der Waals surface area contributed by atoms with Crippen LogP contribution in [-0.2, 0) is 0 Å². The van der Waals surface area contributed by atoms with Crippen molar-refractivity contribution in [2.45, 2.75) is 44.3 Å². The summed E-state index contributed by atoms with van der Waals surface area (Å²) in [4.78, 5) is 13.5. The largest absolute Gasteiger partial charge is 0.381 e. The van der Waals surface area contributed by atoms with Crippen LogP contribution in [0.1, 0.15) is 26.2 Å². The van der Waals surface area contributed by atoms with Crippen molar-refractivity contribution in [3.63, 3.8) is 0 Å². The average molecular weight is 274 g/mol. The molecule has 1 saturated heterocycles. The topological polar surface area (TPSA) is 70.4 Å². The first-order chi connectivity index (χ1) is 9.61. The summed E-state index contributed by atoms with van der Waals surface area (Å²) in [6.45, 7) is 3.42. The molecule has 5 heteroatoms. The number of carbonyl (C=O) groups excluding carboxylic acids is 1.